The summed E-state index contributed by atoms with van der Waals surface area (Å²) in [4.78, 5) is 22.3. The number of nitriles is 1. The van der Waals surface area contributed by atoms with E-state index >= 15 is 0 Å². The Labute approximate surface area is 113 Å². The van der Waals surface area contributed by atoms with E-state index in [-0.39, 0.29) is 22.8 Å². The molecule has 1 aromatic heterocycles. The molecule has 0 aliphatic carbocycles. The molecule has 20 heavy (non-hydrogen) atoms. The van der Waals surface area contributed by atoms with Crippen molar-refractivity contribution in [1.82, 2.24) is 4.57 Å². The normalized spacial score (nSPS) is 10.0. The van der Waals surface area contributed by atoms with E-state index in [1.807, 2.05) is 0 Å². The van der Waals surface area contributed by atoms with Gasteiger partial charge in [0.05, 0.1) is 10.6 Å². The van der Waals surface area contributed by atoms with Crippen LogP contribution in [0.15, 0.2) is 35.1 Å². The first kappa shape index (κ1) is 13.3. The van der Waals surface area contributed by atoms with Crippen LogP contribution in [0, 0.1) is 28.4 Å². The highest BCUT2D eigenvalue weighted by atomic mass is 16.6. The van der Waals surface area contributed by atoms with Crippen LogP contribution in [0.25, 0.3) is 5.69 Å². The lowest BCUT2D eigenvalue weighted by molar-refractivity contribution is -0.384. The molecule has 1 N–H and O–H groups in total. The van der Waals surface area contributed by atoms with Crippen molar-refractivity contribution in [1.29, 1.82) is 5.26 Å². The number of aryl methyl sites for hydroxylation is 1. The van der Waals surface area contributed by atoms with Crippen LogP contribution >= 0.6 is 0 Å². The maximum atomic E-state index is 12.1. The summed E-state index contributed by atoms with van der Waals surface area (Å²) in [7, 11) is 0. The zero-order valence-corrected chi connectivity index (χ0v) is 10.4. The summed E-state index contributed by atoms with van der Waals surface area (Å²) in [6, 6.07) is 8.27. The van der Waals surface area contributed by atoms with E-state index in [1.54, 1.807) is 6.07 Å². The summed E-state index contributed by atoms with van der Waals surface area (Å²) >= 11 is 0. The van der Waals surface area contributed by atoms with Crippen LogP contribution in [0.5, 0.6) is 5.88 Å². The molecule has 0 radical (unpaired) electrons. The number of hydrogen-bond donors (Lipinski definition) is 1. The van der Waals surface area contributed by atoms with E-state index < -0.39 is 10.5 Å². The van der Waals surface area contributed by atoms with Crippen LogP contribution in [-0.4, -0.2) is 14.6 Å². The highest BCUT2D eigenvalue weighted by Crippen LogP contribution is 2.21. The predicted octanol–water partition coefficient (Wildman–Crippen LogP) is 1.63. The maximum absolute atomic E-state index is 12.1. The van der Waals surface area contributed by atoms with Gasteiger partial charge in [-0.25, -0.2) is 4.57 Å². The van der Waals surface area contributed by atoms with Crippen LogP contribution in [0.1, 0.15) is 11.1 Å². The Morgan fingerprint density at radius 2 is 2.10 bits per heavy atom. The molecule has 2 aromatic rings. The lowest BCUT2D eigenvalue weighted by Gasteiger charge is -2.10. The molecule has 1 heterocycles. The van der Waals surface area contributed by atoms with Crippen molar-refractivity contribution < 1.29 is 10.0 Å². The summed E-state index contributed by atoms with van der Waals surface area (Å²) in [5.74, 6) is -0.382. The van der Waals surface area contributed by atoms with Crippen molar-refractivity contribution in [2.24, 2.45) is 0 Å². The van der Waals surface area contributed by atoms with Gasteiger partial charge in [0.15, 0.2) is 5.88 Å². The largest absolute Gasteiger partial charge is 0.494 e. The molecular weight excluding hydrogens is 262 g/mol. The van der Waals surface area contributed by atoms with Gasteiger partial charge < -0.3 is 5.11 Å². The van der Waals surface area contributed by atoms with Crippen molar-refractivity contribution in [2.75, 3.05) is 0 Å². The molecule has 0 atom stereocenters. The average molecular weight is 271 g/mol. The zero-order valence-electron chi connectivity index (χ0n) is 10.4. The molecule has 0 fully saturated rings. The molecule has 0 aliphatic rings. The average Bonchev–Trinajstić information content (AvgIpc) is 2.39. The fourth-order valence-corrected chi connectivity index (χ4v) is 1.85. The Morgan fingerprint density at radius 3 is 2.70 bits per heavy atom. The fraction of sp³-hybridized carbons (Fsp3) is 0.0769. The zero-order chi connectivity index (χ0) is 14.9. The number of aromatic hydroxyl groups is 1. The summed E-state index contributed by atoms with van der Waals surface area (Å²) < 4.78 is 0.860. The van der Waals surface area contributed by atoms with Gasteiger partial charge in [-0.15, -0.1) is 0 Å². The molecule has 7 heteroatoms. The fourth-order valence-electron chi connectivity index (χ4n) is 1.85. The minimum atomic E-state index is -0.717. The summed E-state index contributed by atoms with van der Waals surface area (Å²) in [5, 5.41) is 29.5. The number of nitro groups is 1. The van der Waals surface area contributed by atoms with E-state index in [1.165, 1.54) is 31.2 Å². The Kier molecular flexibility index (Phi) is 3.23. The van der Waals surface area contributed by atoms with E-state index in [0.717, 1.165) is 10.6 Å². The van der Waals surface area contributed by atoms with Gasteiger partial charge in [0, 0.05) is 18.2 Å². The first-order chi connectivity index (χ1) is 9.45. The second-order valence-electron chi connectivity index (χ2n) is 4.09. The molecule has 0 saturated carbocycles. The van der Waals surface area contributed by atoms with Crippen molar-refractivity contribution in [3.05, 3.63) is 61.9 Å². The number of non-ortho nitro benzene ring substituents is 1. The van der Waals surface area contributed by atoms with Crippen molar-refractivity contribution in [3.63, 3.8) is 0 Å². The topological polar surface area (TPSA) is 109 Å². The highest BCUT2D eigenvalue weighted by molar-refractivity contribution is 5.48. The Balaban J connectivity index is 2.77. The van der Waals surface area contributed by atoms with Crippen LogP contribution in [-0.2, 0) is 0 Å². The first-order valence-electron chi connectivity index (χ1n) is 5.56. The quantitative estimate of drug-likeness (QED) is 0.659. The monoisotopic (exact) mass is 271 g/mol. The lowest BCUT2D eigenvalue weighted by Crippen LogP contribution is -2.22. The second kappa shape index (κ2) is 4.85. The second-order valence-corrected chi connectivity index (χ2v) is 4.09. The Bertz CT molecular complexity index is 802. The van der Waals surface area contributed by atoms with Gasteiger partial charge in [-0.2, -0.15) is 5.26 Å². The number of hydrogen-bond acceptors (Lipinski definition) is 5. The third kappa shape index (κ3) is 2.10. The molecule has 2 rings (SSSR count). The van der Waals surface area contributed by atoms with Gasteiger partial charge in [0.2, 0.25) is 0 Å². The van der Waals surface area contributed by atoms with Gasteiger partial charge in [-0.05, 0) is 18.6 Å². The van der Waals surface area contributed by atoms with Crippen molar-refractivity contribution in [2.45, 2.75) is 6.92 Å². The number of nitro benzene ring substituents is 1. The molecule has 0 unspecified atom stereocenters. The smallest absolute Gasteiger partial charge is 0.276 e. The molecule has 0 aliphatic heterocycles. The van der Waals surface area contributed by atoms with Crippen LogP contribution < -0.4 is 5.56 Å². The Hall–Kier alpha value is -3.14. The molecule has 0 spiro atoms. The van der Waals surface area contributed by atoms with E-state index in [2.05, 4.69) is 0 Å². The number of rotatable bonds is 2. The standard InChI is InChI=1S/C13H9N3O4/c1-8-5-12(17)15(13(18)11(8)7-14)9-3-2-4-10(6-9)16(19)20/h2-6,17H,1H3. The van der Waals surface area contributed by atoms with Gasteiger partial charge in [0.1, 0.15) is 11.6 Å². The summed E-state index contributed by atoms with van der Waals surface area (Å²) in [5.41, 5.74) is -0.581. The maximum Gasteiger partial charge on any atom is 0.276 e. The summed E-state index contributed by atoms with van der Waals surface area (Å²) in [6.07, 6.45) is 0. The lowest BCUT2D eigenvalue weighted by atomic mass is 10.1. The number of pyridine rings is 1. The molecule has 0 amide bonds. The minimum absolute atomic E-state index is 0.116. The molecule has 1 aromatic carbocycles. The summed E-state index contributed by atoms with van der Waals surface area (Å²) in [6.45, 7) is 1.53. The number of aromatic nitrogens is 1. The highest BCUT2D eigenvalue weighted by Gasteiger charge is 2.15. The van der Waals surface area contributed by atoms with E-state index in [9.17, 15) is 20.0 Å². The predicted molar refractivity (Wildman–Crippen MR) is 69.8 cm³/mol. The van der Waals surface area contributed by atoms with Crippen LogP contribution in [0.2, 0.25) is 0 Å². The van der Waals surface area contributed by atoms with Crippen molar-refractivity contribution >= 4 is 5.69 Å². The molecule has 0 bridgehead atoms. The molecule has 7 nitrogen and oxygen atoms in total. The molecular formula is C13H9N3O4. The van der Waals surface area contributed by atoms with Gasteiger partial charge in [-0.3, -0.25) is 14.9 Å². The third-order valence-corrected chi connectivity index (χ3v) is 2.80. The van der Waals surface area contributed by atoms with Crippen LogP contribution in [0.4, 0.5) is 5.69 Å². The van der Waals surface area contributed by atoms with E-state index in [4.69, 9.17) is 5.26 Å². The Morgan fingerprint density at radius 1 is 1.40 bits per heavy atom. The number of nitrogens with zero attached hydrogens (tertiary/aromatic N) is 3. The van der Waals surface area contributed by atoms with Crippen LogP contribution in [0.3, 0.4) is 0 Å². The third-order valence-electron chi connectivity index (χ3n) is 2.80. The van der Waals surface area contributed by atoms with Gasteiger partial charge in [0.25, 0.3) is 11.2 Å². The van der Waals surface area contributed by atoms with E-state index in [0.29, 0.717) is 5.56 Å². The molecule has 100 valence electrons. The van der Waals surface area contributed by atoms with Gasteiger partial charge >= 0.3 is 0 Å². The molecule has 0 saturated heterocycles. The minimum Gasteiger partial charge on any atom is -0.494 e. The number of benzene rings is 1. The first-order valence-corrected chi connectivity index (χ1v) is 5.56. The van der Waals surface area contributed by atoms with Crippen molar-refractivity contribution in [3.8, 4) is 17.6 Å². The van der Waals surface area contributed by atoms with Gasteiger partial charge in [-0.1, -0.05) is 6.07 Å². The SMILES string of the molecule is Cc1cc(O)n(-c2cccc([N+](=O)[O-])c2)c(=O)c1C#N.